The Balaban J connectivity index is 1.34. The molecule has 1 aliphatic heterocycles. The van der Waals surface area contributed by atoms with Crippen LogP contribution < -0.4 is 16.2 Å². The fourth-order valence-corrected chi connectivity index (χ4v) is 3.98. The van der Waals surface area contributed by atoms with E-state index in [4.69, 9.17) is 0 Å². The maximum absolute atomic E-state index is 12.8. The van der Waals surface area contributed by atoms with E-state index in [-0.39, 0.29) is 11.6 Å². The zero-order valence-electron chi connectivity index (χ0n) is 16.6. The topological polar surface area (TPSA) is 120 Å². The summed E-state index contributed by atoms with van der Waals surface area (Å²) in [5.74, 6) is -1.13. The lowest BCUT2D eigenvalue weighted by Gasteiger charge is -2.33. The predicted molar refractivity (Wildman–Crippen MR) is 108 cm³/mol. The lowest BCUT2D eigenvalue weighted by Crippen LogP contribution is -2.50. The van der Waals surface area contributed by atoms with Gasteiger partial charge in [0.05, 0.1) is 5.52 Å². The van der Waals surface area contributed by atoms with Gasteiger partial charge in [-0.1, -0.05) is 31.2 Å². The molecular formula is C21H23N5O4. The van der Waals surface area contributed by atoms with Crippen molar-refractivity contribution in [3.05, 3.63) is 42.1 Å². The molecule has 1 saturated heterocycles. The van der Waals surface area contributed by atoms with Crippen molar-refractivity contribution in [3.8, 4) is 0 Å². The quantitative estimate of drug-likeness (QED) is 0.524. The van der Waals surface area contributed by atoms with E-state index in [1.54, 1.807) is 18.2 Å². The molecule has 0 atom stereocenters. The van der Waals surface area contributed by atoms with Crippen molar-refractivity contribution in [2.45, 2.75) is 38.1 Å². The minimum atomic E-state index is -0.901. The van der Waals surface area contributed by atoms with Gasteiger partial charge in [-0.15, -0.1) is 0 Å². The molecule has 4 rings (SSSR count). The molecule has 30 heavy (non-hydrogen) atoms. The Hall–Kier alpha value is -3.49. The molecule has 1 aromatic carbocycles. The molecule has 156 valence electrons. The van der Waals surface area contributed by atoms with Crippen molar-refractivity contribution in [1.29, 1.82) is 0 Å². The largest absolute Gasteiger partial charge is 0.325 e. The van der Waals surface area contributed by atoms with Crippen LogP contribution in [-0.2, 0) is 9.59 Å². The lowest BCUT2D eigenvalue weighted by atomic mass is 9.77. The average Bonchev–Trinajstić information content (AvgIpc) is 2.98. The van der Waals surface area contributed by atoms with E-state index in [1.807, 2.05) is 18.2 Å². The molecule has 0 bridgehead atoms. The predicted octanol–water partition coefficient (Wildman–Crippen LogP) is 1.50. The molecule has 0 unspecified atom stereocenters. The first kappa shape index (κ1) is 19.8. The molecule has 9 nitrogen and oxygen atoms in total. The summed E-state index contributed by atoms with van der Waals surface area (Å²) in [5, 5.41) is 3.65. The average molecular weight is 409 g/mol. The number of hydrazine groups is 1. The molecule has 2 heterocycles. The van der Waals surface area contributed by atoms with Crippen molar-refractivity contribution in [2.75, 3.05) is 6.54 Å². The zero-order valence-corrected chi connectivity index (χ0v) is 16.6. The van der Waals surface area contributed by atoms with Crippen LogP contribution in [0.15, 0.2) is 36.4 Å². The number of carbonyl (C=O) groups is 4. The first-order valence-corrected chi connectivity index (χ1v) is 9.97. The number of aromatic nitrogens is 1. The molecule has 1 saturated carbocycles. The van der Waals surface area contributed by atoms with Gasteiger partial charge >= 0.3 is 6.03 Å². The van der Waals surface area contributed by atoms with E-state index in [0.717, 1.165) is 23.1 Å². The van der Waals surface area contributed by atoms with Crippen molar-refractivity contribution < 1.29 is 19.2 Å². The standard InChI is InChI=1S/C21H23N5O4/c1-13-8-10-21(11-9-13)19(29)26(20(30)23-21)12-17(27)24-25-18(28)16-7-6-14-4-2-3-5-15(14)22-16/h2-7,13H,8-12H2,1H3,(H,23,30)(H,24,27)(H,25,28). The van der Waals surface area contributed by atoms with Gasteiger partial charge in [-0.2, -0.15) is 0 Å². The van der Waals surface area contributed by atoms with E-state index in [0.29, 0.717) is 24.3 Å². The van der Waals surface area contributed by atoms with Crippen LogP contribution in [0.2, 0.25) is 0 Å². The summed E-state index contributed by atoms with van der Waals surface area (Å²) in [6, 6.07) is 10.1. The number of hydrogen-bond donors (Lipinski definition) is 3. The Labute approximate surface area is 173 Å². The Morgan fingerprint density at radius 2 is 1.87 bits per heavy atom. The fourth-order valence-electron chi connectivity index (χ4n) is 3.98. The van der Waals surface area contributed by atoms with Crippen molar-refractivity contribution >= 4 is 34.7 Å². The summed E-state index contributed by atoms with van der Waals surface area (Å²) in [7, 11) is 0. The molecule has 9 heteroatoms. The highest BCUT2D eigenvalue weighted by Crippen LogP contribution is 2.36. The second-order valence-electron chi connectivity index (χ2n) is 7.98. The van der Waals surface area contributed by atoms with Crippen LogP contribution in [0.5, 0.6) is 0 Å². The number of pyridine rings is 1. The second-order valence-corrected chi connectivity index (χ2v) is 7.98. The third-order valence-corrected chi connectivity index (χ3v) is 5.82. The van der Waals surface area contributed by atoms with Gasteiger partial charge in [0.1, 0.15) is 17.8 Å². The van der Waals surface area contributed by atoms with Gasteiger partial charge in [0.15, 0.2) is 0 Å². The van der Waals surface area contributed by atoms with Gasteiger partial charge in [-0.25, -0.2) is 9.78 Å². The van der Waals surface area contributed by atoms with Gasteiger partial charge in [0.2, 0.25) is 0 Å². The van der Waals surface area contributed by atoms with Crippen LogP contribution in [0.3, 0.4) is 0 Å². The Morgan fingerprint density at radius 3 is 2.63 bits per heavy atom. The summed E-state index contributed by atoms with van der Waals surface area (Å²) in [6.07, 6.45) is 2.84. The molecule has 5 amide bonds. The minimum Gasteiger partial charge on any atom is -0.323 e. The van der Waals surface area contributed by atoms with Crippen LogP contribution >= 0.6 is 0 Å². The number of nitrogens with one attached hydrogen (secondary N) is 3. The van der Waals surface area contributed by atoms with E-state index < -0.39 is 29.9 Å². The van der Waals surface area contributed by atoms with Crippen LogP contribution in [0, 0.1) is 5.92 Å². The first-order chi connectivity index (χ1) is 14.4. The monoisotopic (exact) mass is 409 g/mol. The number of carbonyl (C=O) groups excluding carboxylic acids is 4. The van der Waals surface area contributed by atoms with E-state index >= 15 is 0 Å². The number of nitrogens with zero attached hydrogens (tertiary/aromatic N) is 2. The van der Waals surface area contributed by atoms with Crippen LogP contribution in [-0.4, -0.2) is 45.7 Å². The fraction of sp³-hybridized carbons (Fsp3) is 0.381. The van der Waals surface area contributed by atoms with Crippen molar-refractivity contribution in [3.63, 3.8) is 0 Å². The molecule has 1 aromatic heterocycles. The first-order valence-electron chi connectivity index (χ1n) is 9.97. The zero-order chi connectivity index (χ0) is 21.3. The van der Waals surface area contributed by atoms with E-state index in [2.05, 4.69) is 28.1 Å². The molecule has 2 fully saturated rings. The number of benzene rings is 1. The number of rotatable bonds is 3. The highest BCUT2D eigenvalue weighted by Gasteiger charge is 2.52. The third-order valence-electron chi connectivity index (χ3n) is 5.82. The molecule has 2 aromatic rings. The summed E-state index contributed by atoms with van der Waals surface area (Å²) in [6.45, 7) is 1.65. The Kier molecular flexibility index (Phi) is 5.11. The SMILES string of the molecule is CC1CCC2(CC1)NC(=O)N(CC(=O)NNC(=O)c1ccc3ccccc3n1)C2=O. The number of amides is 5. The van der Waals surface area contributed by atoms with Gasteiger partial charge in [-0.05, 0) is 43.7 Å². The normalized spacial score (nSPS) is 23.5. The van der Waals surface area contributed by atoms with Crippen LogP contribution in [0.4, 0.5) is 4.79 Å². The molecule has 1 spiro atoms. The van der Waals surface area contributed by atoms with E-state index in [1.165, 1.54) is 0 Å². The summed E-state index contributed by atoms with van der Waals surface area (Å²) >= 11 is 0. The molecule has 0 radical (unpaired) electrons. The number of fused-ring (bicyclic) bond motifs is 1. The van der Waals surface area contributed by atoms with Crippen LogP contribution in [0.1, 0.15) is 43.1 Å². The van der Waals surface area contributed by atoms with Crippen molar-refractivity contribution in [2.24, 2.45) is 5.92 Å². The smallest absolute Gasteiger partial charge is 0.323 e. The van der Waals surface area contributed by atoms with Gasteiger partial charge in [-0.3, -0.25) is 30.1 Å². The van der Waals surface area contributed by atoms with Crippen LogP contribution in [0.25, 0.3) is 10.9 Å². The maximum atomic E-state index is 12.8. The van der Waals surface area contributed by atoms with Gasteiger partial charge in [0, 0.05) is 5.39 Å². The molecule has 3 N–H and O–H groups in total. The Morgan fingerprint density at radius 1 is 1.13 bits per heavy atom. The number of imide groups is 1. The molecule has 1 aliphatic carbocycles. The van der Waals surface area contributed by atoms with Crippen molar-refractivity contribution in [1.82, 2.24) is 26.1 Å². The third kappa shape index (κ3) is 3.70. The summed E-state index contributed by atoms with van der Waals surface area (Å²) in [4.78, 5) is 54.7. The summed E-state index contributed by atoms with van der Waals surface area (Å²) in [5.41, 5.74) is 4.41. The summed E-state index contributed by atoms with van der Waals surface area (Å²) < 4.78 is 0. The Bertz CT molecular complexity index is 1030. The second kappa shape index (κ2) is 7.74. The molecular weight excluding hydrogens is 386 g/mol. The number of urea groups is 1. The lowest BCUT2D eigenvalue weighted by molar-refractivity contribution is -0.136. The molecule has 2 aliphatic rings. The maximum Gasteiger partial charge on any atom is 0.325 e. The highest BCUT2D eigenvalue weighted by molar-refractivity contribution is 6.09. The van der Waals surface area contributed by atoms with E-state index in [9.17, 15) is 19.2 Å². The minimum absolute atomic E-state index is 0.138. The van der Waals surface area contributed by atoms with Gasteiger partial charge < -0.3 is 5.32 Å². The number of hydrogen-bond acceptors (Lipinski definition) is 5. The van der Waals surface area contributed by atoms with Gasteiger partial charge in [0.25, 0.3) is 17.7 Å². The number of para-hydroxylation sites is 1. The highest BCUT2D eigenvalue weighted by atomic mass is 16.2.